The summed E-state index contributed by atoms with van der Waals surface area (Å²) in [4.78, 5) is 2.47. The van der Waals surface area contributed by atoms with Crippen LogP contribution in [-0.2, 0) is 6.54 Å². The molecule has 94 valence electrons. The molecule has 0 aromatic carbocycles. The van der Waals surface area contributed by atoms with E-state index in [4.69, 9.17) is 0 Å². The molecule has 1 aliphatic rings. The number of nitrogens with one attached hydrogen (secondary N) is 1. The van der Waals surface area contributed by atoms with Gasteiger partial charge in [-0.1, -0.05) is 6.92 Å². The van der Waals surface area contributed by atoms with Crippen LogP contribution in [-0.4, -0.2) is 40.8 Å². The molecule has 1 saturated heterocycles. The molecule has 1 aromatic heterocycles. The first-order valence-corrected chi connectivity index (χ1v) is 6.61. The van der Waals surface area contributed by atoms with Gasteiger partial charge < -0.3 is 5.32 Å². The molecule has 4 nitrogen and oxygen atoms in total. The van der Waals surface area contributed by atoms with Crippen molar-refractivity contribution in [3.8, 4) is 0 Å². The number of rotatable bonds is 5. The van der Waals surface area contributed by atoms with Gasteiger partial charge in [-0.2, -0.15) is 10.2 Å². The quantitative estimate of drug-likeness (QED) is 0.837. The number of hydrogen-bond acceptors (Lipinski definition) is 4. The molecule has 1 aromatic rings. The highest BCUT2D eigenvalue weighted by Gasteiger charge is 2.19. The predicted molar refractivity (Wildman–Crippen MR) is 68.6 cm³/mol. The van der Waals surface area contributed by atoms with E-state index in [0.717, 1.165) is 25.3 Å². The van der Waals surface area contributed by atoms with Crippen molar-refractivity contribution in [3.63, 3.8) is 0 Å². The smallest absolute Gasteiger partial charge is 0.0771 e. The summed E-state index contributed by atoms with van der Waals surface area (Å²) in [5.74, 6) is 0. The van der Waals surface area contributed by atoms with E-state index in [9.17, 15) is 0 Å². The van der Waals surface area contributed by atoms with Gasteiger partial charge in [0.15, 0.2) is 0 Å². The fraction of sp³-hybridized carbons (Fsp3) is 0.692. The van der Waals surface area contributed by atoms with Gasteiger partial charge in [-0.05, 0) is 44.5 Å². The van der Waals surface area contributed by atoms with E-state index in [0.29, 0.717) is 6.04 Å². The standard InChI is InChI=1S/C13H22N4/c1-2-7-14-12-6-4-9-17(10-12)11-13-5-3-8-15-16-13/h3,5,8,12,14H,2,4,6-7,9-11H2,1H3. The molecule has 1 N–H and O–H groups in total. The van der Waals surface area contributed by atoms with Crippen molar-refractivity contribution in [2.24, 2.45) is 0 Å². The van der Waals surface area contributed by atoms with Gasteiger partial charge in [0, 0.05) is 25.3 Å². The predicted octanol–water partition coefficient (Wildman–Crippen LogP) is 1.44. The molecule has 17 heavy (non-hydrogen) atoms. The monoisotopic (exact) mass is 234 g/mol. The van der Waals surface area contributed by atoms with Crippen LogP contribution in [0.5, 0.6) is 0 Å². The normalized spacial score (nSPS) is 21.6. The van der Waals surface area contributed by atoms with E-state index in [1.54, 1.807) is 6.20 Å². The maximum Gasteiger partial charge on any atom is 0.0771 e. The van der Waals surface area contributed by atoms with E-state index < -0.39 is 0 Å². The van der Waals surface area contributed by atoms with E-state index >= 15 is 0 Å². The molecular formula is C13H22N4. The van der Waals surface area contributed by atoms with Gasteiger partial charge in [-0.15, -0.1) is 0 Å². The fourth-order valence-electron chi connectivity index (χ4n) is 2.36. The zero-order valence-corrected chi connectivity index (χ0v) is 10.6. The van der Waals surface area contributed by atoms with Crippen LogP contribution in [0.2, 0.25) is 0 Å². The molecule has 0 radical (unpaired) electrons. The third kappa shape index (κ3) is 4.06. The first kappa shape index (κ1) is 12.5. The summed E-state index contributed by atoms with van der Waals surface area (Å²) in [5, 5.41) is 11.7. The van der Waals surface area contributed by atoms with Crippen LogP contribution in [0.25, 0.3) is 0 Å². The Balaban J connectivity index is 1.81. The number of hydrogen-bond donors (Lipinski definition) is 1. The maximum absolute atomic E-state index is 4.15. The Morgan fingerprint density at radius 3 is 3.24 bits per heavy atom. The minimum absolute atomic E-state index is 0.653. The van der Waals surface area contributed by atoms with Crippen LogP contribution in [0, 0.1) is 0 Å². The van der Waals surface area contributed by atoms with Gasteiger partial charge in [0.2, 0.25) is 0 Å². The molecule has 0 spiro atoms. The number of aromatic nitrogens is 2. The van der Waals surface area contributed by atoms with Gasteiger partial charge in [0.25, 0.3) is 0 Å². The van der Waals surface area contributed by atoms with E-state index in [-0.39, 0.29) is 0 Å². The second-order valence-electron chi connectivity index (χ2n) is 4.74. The zero-order valence-electron chi connectivity index (χ0n) is 10.6. The second kappa shape index (κ2) is 6.67. The number of likely N-dealkylation sites (tertiary alicyclic amines) is 1. The maximum atomic E-state index is 4.15. The Hall–Kier alpha value is -1.00. The lowest BCUT2D eigenvalue weighted by molar-refractivity contribution is 0.181. The van der Waals surface area contributed by atoms with Crippen molar-refractivity contribution in [3.05, 3.63) is 24.0 Å². The van der Waals surface area contributed by atoms with Gasteiger partial charge in [-0.3, -0.25) is 4.90 Å². The molecule has 1 fully saturated rings. The first-order chi connectivity index (χ1) is 8.38. The molecule has 0 aliphatic carbocycles. The third-order valence-corrected chi connectivity index (χ3v) is 3.20. The summed E-state index contributed by atoms with van der Waals surface area (Å²) in [7, 11) is 0. The van der Waals surface area contributed by atoms with Crippen LogP contribution in [0.3, 0.4) is 0 Å². The fourth-order valence-corrected chi connectivity index (χ4v) is 2.36. The SMILES string of the molecule is CCCNC1CCCN(Cc2cccnn2)C1. The number of nitrogens with zero attached hydrogens (tertiary/aromatic N) is 3. The van der Waals surface area contributed by atoms with Crippen LogP contribution in [0.1, 0.15) is 31.9 Å². The third-order valence-electron chi connectivity index (χ3n) is 3.20. The molecule has 1 atom stereocenters. The zero-order chi connectivity index (χ0) is 11.9. The minimum atomic E-state index is 0.653. The second-order valence-corrected chi connectivity index (χ2v) is 4.74. The highest BCUT2D eigenvalue weighted by atomic mass is 15.2. The van der Waals surface area contributed by atoms with E-state index in [2.05, 4.69) is 33.4 Å². The van der Waals surface area contributed by atoms with Crippen molar-refractivity contribution in [2.45, 2.75) is 38.8 Å². The summed E-state index contributed by atoms with van der Waals surface area (Å²) in [6.07, 6.45) is 5.52. The minimum Gasteiger partial charge on any atom is -0.313 e. The Kier molecular flexibility index (Phi) is 4.88. The van der Waals surface area contributed by atoms with Crippen molar-refractivity contribution in [1.82, 2.24) is 20.4 Å². The van der Waals surface area contributed by atoms with Crippen LogP contribution >= 0.6 is 0 Å². The first-order valence-electron chi connectivity index (χ1n) is 6.61. The highest BCUT2D eigenvalue weighted by molar-refractivity contribution is 4.99. The Bertz CT molecular complexity index is 314. The summed E-state index contributed by atoms with van der Waals surface area (Å²) in [6, 6.07) is 4.66. The number of piperidine rings is 1. The molecule has 2 rings (SSSR count). The van der Waals surface area contributed by atoms with Crippen LogP contribution in [0.4, 0.5) is 0 Å². The van der Waals surface area contributed by atoms with Crippen molar-refractivity contribution >= 4 is 0 Å². The Morgan fingerprint density at radius 1 is 1.53 bits per heavy atom. The molecule has 4 heteroatoms. The van der Waals surface area contributed by atoms with Crippen molar-refractivity contribution in [1.29, 1.82) is 0 Å². The average Bonchev–Trinajstić information content (AvgIpc) is 2.38. The van der Waals surface area contributed by atoms with Gasteiger partial charge in [0.05, 0.1) is 5.69 Å². The lowest BCUT2D eigenvalue weighted by atomic mass is 10.1. The molecule has 0 saturated carbocycles. The molecule has 0 amide bonds. The average molecular weight is 234 g/mol. The molecular weight excluding hydrogens is 212 g/mol. The largest absolute Gasteiger partial charge is 0.313 e. The molecule has 2 heterocycles. The van der Waals surface area contributed by atoms with Gasteiger partial charge in [-0.25, -0.2) is 0 Å². The van der Waals surface area contributed by atoms with E-state index in [1.165, 1.54) is 25.8 Å². The van der Waals surface area contributed by atoms with Gasteiger partial charge in [0.1, 0.15) is 0 Å². The molecule has 1 aliphatic heterocycles. The van der Waals surface area contributed by atoms with Crippen LogP contribution in [0.15, 0.2) is 18.3 Å². The molecule has 0 bridgehead atoms. The highest BCUT2D eigenvalue weighted by Crippen LogP contribution is 2.12. The Morgan fingerprint density at radius 2 is 2.47 bits per heavy atom. The summed E-state index contributed by atoms with van der Waals surface area (Å²) < 4.78 is 0. The van der Waals surface area contributed by atoms with Crippen LogP contribution < -0.4 is 5.32 Å². The molecule has 1 unspecified atom stereocenters. The lowest BCUT2D eigenvalue weighted by Gasteiger charge is -2.32. The Labute approximate surface area is 103 Å². The van der Waals surface area contributed by atoms with Crippen molar-refractivity contribution in [2.75, 3.05) is 19.6 Å². The lowest BCUT2D eigenvalue weighted by Crippen LogP contribution is -2.45. The summed E-state index contributed by atoms with van der Waals surface area (Å²) >= 11 is 0. The van der Waals surface area contributed by atoms with Crippen molar-refractivity contribution < 1.29 is 0 Å². The summed E-state index contributed by atoms with van der Waals surface area (Å²) in [6.45, 7) is 6.59. The van der Waals surface area contributed by atoms with Gasteiger partial charge >= 0.3 is 0 Å². The topological polar surface area (TPSA) is 41.0 Å². The van der Waals surface area contributed by atoms with E-state index in [1.807, 2.05) is 6.07 Å². The summed E-state index contributed by atoms with van der Waals surface area (Å²) in [5.41, 5.74) is 1.07.